The molecule has 3 aromatic heterocycles. The van der Waals surface area contributed by atoms with Gasteiger partial charge in [0.05, 0.1) is 58.0 Å². The maximum atomic E-state index is 14.3. The molecule has 5 heterocycles. The van der Waals surface area contributed by atoms with Gasteiger partial charge in [-0.1, -0.05) is 57.2 Å². The molecule has 16 heteroatoms. The Morgan fingerprint density at radius 3 is 2.31 bits per heavy atom. The number of benzene rings is 3. The van der Waals surface area contributed by atoms with Gasteiger partial charge in [-0.15, -0.1) is 11.3 Å². The molecule has 3 aromatic carbocycles. The Morgan fingerprint density at radius 2 is 1.62 bits per heavy atom. The topological polar surface area (TPSA) is 161 Å². The van der Waals surface area contributed by atoms with Crippen LogP contribution in [-0.4, -0.2) is 128 Å². The predicted molar refractivity (Wildman–Crippen MR) is 279 cm³/mol. The van der Waals surface area contributed by atoms with Crippen LogP contribution in [0.25, 0.3) is 43.9 Å². The van der Waals surface area contributed by atoms with Gasteiger partial charge in [0.15, 0.2) is 0 Å². The number of carbonyl (C=O) groups is 3. The molecule has 8 rings (SSSR count). The predicted octanol–water partition coefficient (Wildman–Crippen LogP) is 7.35. The van der Waals surface area contributed by atoms with E-state index in [0.717, 1.165) is 119 Å². The Morgan fingerprint density at radius 1 is 0.901 bits per heavy atom. The third kappa shape index (κ3) is 12.1. The summed E-state index contributed by atoms with van der Waals surface area (Å²) in [7, 11) is 1.99. The van der Waals surface area contributed by atoms with Crippen molar-refractivity contribution in [3.8, 4) is 33.0 Å². The standard InChI is InChI=1S/C55H69FN10O4S/c1-34-25-38(26-35(2)48(34)49-50(63(8)32-59-49)44-17-19-58-45-27-41(56)15-16-43(44)45)29-57-18-9-10-20-64-21-23-65(24-22-64)31-47(68)62-52(55(5,6)7)54(70)66-30-42(67)28-46(66)53(69)61-36(3)39-11-13-40(14-12-39)51-37(4)60-33-71-51/h11-17,19,25-27,32-33,36,42,46,52,57,67H,9-10,18,20-24,28-31H2,1-8H3,(H,61,69)(H,62,68)/t36-,42+,46-,52+/m0/s1. The summed E-state index contributed by atoms with van der Waals surface area (Å²) in [5, 5.41) is 21.3. The SMILES string of the molecule is Cc1cc(CNCCCCN2CCN(CC(=O)N[C@H](C(=O)N3C[C@H](O)C[C@H]3C(=O)N[C@@H](C)c3ccc(-c4scnc4C)cc3)C(C)(C)C)CC2)cc(C)c1-c1ncn(C)c1-c1ccnc2cc(F)ccc12. The Hall–Kier alpha value is -5.91. The Labute approximate surface area is 421 Å². The van der Waals surface area contributed by atoms with E-state index in [2.05, 4.69) is 61.7 Å². The van der Waals surface area contributed by atoms with Gasteiger partial charge >= 0.3 is 0 Å². The molecule has 2 saturated heterocycles. The number of thiazole rings is 1. The highest BCUT2D eigenvalue weighted by Crippen LogP contribution is 2.38. The number of carbonyl (C=O) groups excluding carboxylic acids is 3. The number of piperazine rings is 1. The van der Waals surface area contributed by atoms with E-state index in [1.165, 1.54) is 22.6 Å². The number of nitrogens with one attached hydrogen (secondary N) is 3. The van der Waals surface area contributed by atoms with Crippen molar-refractivity contribution in [2.45, 2.75) is 98.5 Å². The van der Waals surface area contributed by atoms with Crippen LogP contribution >= 0.6 is 11.3 Å². The highest BCUT2D eigenvalue weighted by Gasteiger charge is 2.45. The van der Waals surface area contributed by atoms with E-state index in [9.17, 15) is 23.9 Å². The lowest BCUT2D eigenvalue weighted by atomic mass is 9.85. The van der Waals surface area contributed by atoms with Gasteiger partial charge in [-0.2, -0.15) is 0 Å². The van der Waals surface area contributed by atoms with Crippen LogP contribution in [0.5, 0.6) is 0 Å². The van der Waals surface area contributed by atoms with Gasteiger partial charge in [-0.05, 0) is 105 Å². The summed E-state index contributed by atoms with van der Waals surface area (Å²) >= 11 is 1.59. The van der Waals surface area contributed by atoms with Crippen molar-refractivity contribution < 1.29 is 23.9 Å². The molecule has 0 aliphatic carbocycles. The van der Waals surface area contributed by atoms with Gasteiger partial charge in [-0.25, -0.2) is 14.4 Å². The van der Waals surface area contributed by atoms with Crippen molar-refractivity contribution in [1.82, 2.24) is 50.2 Å². The quantitative estimate of drug-likeness (QED) is 0.0681. The van der Waals surface area contributed by atoms with E-state index < -0.39 is 23.6 Å². The molecular formula is C55H69FN10O4S. The monoisotopic (exact) mass is 985 g/mol. The van der Waals surface area contributed by atoms with Crippen LogP contribution in [0.1, 0.15) is 80.9 Å². The summed E-state index contributed by atoms with van der Waals surface area (Å²) in [5.74, 6) is -1.24. The first kappa shape index (κ1) is 51.4. The number of aliphatic hydroxyl groups is 1. The average Bonchev–Trinajstić information content (AvgIpc) is 4.06. The first-order chi connectivity index (χ1) is 33.9. The highest BCUT2D eigenvalue weighted by molar-refractivity contribution is 7.13. The Bertz CT molecular complexity index is 2830. The number of nitrogens with zero attached hydrogens (tertiary/aromatic N) is 7. The second-order valence-electron chi connectivity index (χ2n) is 20.6. The van der Waals surface area contributed by atoms with E-state index in [1.54, 1.807) is 23.6 Å². The minimum absolute atomic E-state index is 0.0230. The summed E-state index contributed by atoms with van der Waals surface area (Å²) in [6.07, 6.45) is 4.93. The molecule has 2 aliphatic heterocycles. The highest BCUT2D eigenvalue weighted by atomic mass is 32.1. The van der Waals surface area contributed by atoms with Crippen LogP contribution in [0.3, 0.4) is 0 Å². The van der Waals surface area contributed by atoms with E-state index >= 15 is 0 Å². The van der Waals surface area contributed by atoms with Crippen LogP contribution in [0.4, 0.5) is 4.39 Å². The number of aromatic nitrogens is 4. The average molecular weight is 985 g/mol. The zero-order valence-corrected chi connectivity index (χ0v) is 43.2. The molecule has 0 saturated carbocycles. The van der Waals surface area contributed by atoms with Crippen molar-refractivity contribution in [1.29, 1.82) is 0 Å². The third-order valence-electron chi connectivity index (χ3n) is 14.0. The number of unbranched alkanes of at least 4 members (excludes halogenated alkanes) is 1. The molecule has 2 fully saturated rings. The molecular weight excluding hydrogens is 916 g/mol. The van der Waals surface area contributed by atoms with Gasteiger partial charge in [-0.3, -0.25) is 24.3 Å². The first-order valence-electron chi connectivity index (χ1n) is 24.9. The number of aryl methyl sites for hydroxylation is 4. The van der Waals surface area contributed by atoms with Gasteiger partial charge in [0.2, 0.25) is 17.7 Å². The Kier molecular flexibility index (Phi) is 16.1. The minimum atomic E-state index is -0.882. The van der Waals surface area contributed by atoms with Gasteiger partial charge in [0.25, 0.3) is 0 Å². The van der Waals surface area contributed by atoms with Gasteiger partial charge in [0.1, 0.15) is 17.9 Å². The van der Waals surface area contributed by atoms with E-state index in [1.807, 2.05) is 88.4 Å². The minimum Gasteiger partial charge on any atom is -0.391 e. The van der Waals surface area contributed by atoms with Crippen molar-refractivity contribution in [2.24, 2.45) is 12.5 Å². The fourth-order valence-electron chi connectivity index (χ4n) is 10.2. The lowest BCUT2D eigenvalue weighted by Gasteiger charge is -2.37. The summed E-state index contributed by atoms with van der Waals surface area (Å²) in [5.41, 5.74) is 12.2. The molecule has 14 nitrogen and oxygen atoms in total. The zero-order chi connectivity index (χ0) is 50.6. The molecule has 0 bridgehead atoms. The second-order valence-corrected chi connectivity index (χ2v) is 21.4. The number of imidazole rings is 1. The van der Waals surface area contributed by atoms with Gasteiger partial charge in [0, 0.05) is 81.5 Å². The largest absolute Gasteiger partial charge is 0.391 e. The second kappa shape index (κ2) is 22.2. The van der Waals surface area contributed by atoms with Crippen molar-refractivity contribution in [3.63, 3.8) is 0 Å². The molecule has 0 radical (unpaired) electrons. The molecule has 0 spiro atoms. The number of aliphatic hydroxyl groups excluding tert-OH is 1. The number of likely N-dealkylation sites (tertiary alicyclic amines) is 1. The molecule has 376 valence electrons. The number of β-amino-alcohol motifs (C(OH)–C–C–N with tert-alkyl or cyclic N) is 1. The molecule has 3 amide bonds. The molecule has 6 aromatic rings. The van der Waals surface area contributed by atoms with E-state index in [4.69, 9.17) is 4.98 Å². The molecule has 2 aliphatic rings. The maximum absolute atomic E-state index is 14.3. The number of fused-ring (bicyclic) bond motifs is 1. The summed E-state index contributed by atoms with van der Waals surface area (Å²) in [6.45, 7) is 19.9. The van der Waals surface area contributed by atoms with Crippen LogP contribution in [-0.2, 0) is 28.0 Å². The summed E-state index contributed by atoms with van der Waals surface area (Å²) in [6, 6.07) is 17.1. The molecule has 4 atom stereocenters. The van der Waals surface area contributed by atoms with Crippen LogP contribution < -0.4 is 16.0 Å². The Balaban J connectivity index is 0.765. The van der Waals surface area contributed by atoms with Gasteiger partial charge < -0.3 is 35.4 Å². The van der Waals surface area contributed by atoms with Crippen LogP contribution in [0.2, 0.25) is 0 Å². The first-order valence-corrected chi connectivity index (χ1v) is 25.7. The van der Waals surface area contributed by atoms with Crippen LogP contribution in [0, 0.1) is 32.0 Å². The lowest BCUT2D eigenvalue weighted by Crippen LogP contribution is -2.59. The van der Waals surface area contributed by atoms with Crippen molar-refractivity contribution in [3.05, 3.63) is 112 Å². The van der Waals surface area contributed by atoms with Crippen molar-refractivity contribution >= 4 is 40.0 Å². The molecule has 71 heavy (non-hydrogen) atoms. The van der Waals surface area contributed by atoms with E-state index in [0.29, 0.717) is 5.52 Å². The van der Waals surface area contributed by atoms with Crippen LogP contribution in [0.15, 0.2) is 78.7 Å². The van der Waals surface area contributed by atoms with E-state index in [-0.39, 0.29) is 49.1 Å². The zero-order valence-electron chi connectivity index (χ0n) is 42.4. The fraction of sp³-hybridized carbons (Fsp3) is 0.455. The number of halogens is 1. The summed E-state index contributed by atoms with van der Waals surface area (Å²) < 4.78 is 16.1. The number of pyridine rings is 1. The number of amides is 3. The lowest BCUT2D eigenvalue weighted by molar-refractivity contribution is -0.144. The summed E-state index contributed by atoms with van der Waals surface area (Å²) in [4.78, 5) is 62.3. The molecule has 0 unspecified atom stereocenters. The number of rotatable bonds is 17. The third-order valence-corrected chi connectivity index (χ3v) is 15.0. The number of hydrogen-bond donors (Lipinski definition) is 4. The maximum Gasteiger partial charge on any atom is 0.246 e. The smallest absolute Gasteiger partial charge is 0.246 e. The number of hydrogen-bond acceptors (Lipinski definition) is 11. The van der Waals surface area contributed by atoms with Crippen molar-refractivity contribution in [2.75, 3.05) is 52.4 Å². The fourth-order valence-corrected chi connectivity index (χ4v) is 11.0. The molecule has 4 N–H and O–H groups in total. The normalized spacial score (nSPS) is 17.7.